The van der Waals surface area contributed by atoms with Crippen molar-refractivity contribution in [1.29, 1.82) is 0 Å². The molecule has 1 amide bonds. The first-order chi connectivity index (χ1) is 13.7. The average molecular weight is 403 g/mol. The summed E-state index contributed by atoms with van der Waals surface area (Å²) in [6.07, 6.45) is 3.04. The molecule has 0 radical (unpaired) electrons. The predicted molar refractivity (Wildman–Crippen MR) is 104 cm³/mol. The number of aromatic nitrogens is 2. The van der Waals surface area contributed by atoms with E-state index in [0.29, 0.717) is 18.6 Å². The summed E-state index contributed by atoms with van der Waals surface area (Å²) in [5.74, 6) is -3.97. The topological polar surface area (TPSA) is 64.0 Å². The fourth-order valence-electron chi connectivity index (χ4n) is 3.24. The van der Waals surface area contributed by atoms with Crippen LogP contribution in [0.3, 0.4) is 0 Å². The Morgan fingerprint density at radius 2 is 1.86 bits per heavy atom. The van der Waals surface area contributed by atoms with Gasteiger partial charge in [0.05, 0.1) is 5.39 Å². The molecule has 1 unspecified atom stereocenters. The van der Waals surface area contributed by atoms with E-state index in [0.717, 1.165) is 10.8 Å². The smallest absolute Gasteiger partial charge is 0.257 e. The maximum atomic E-state index is 14.4. The molecule has 1 atom stereocenters. The third kappa shape index (κ3) is 3.87. The lowest BCUT2D eigenvalue weighted by molar-refractivity contribution is 0.0923. The van der Waals surface area contributed by atoms with E-state index in [-0.39, 0.29) is 28.6 Å². The summed E-state index contributed by atoms with van der Waals surface area (Å²) < 4.78 is 43.2. The molecule has 0 saturated carbocycles. The molecule has 0 bridgehead atoms. The quantitative estimate of drug-likeness (QED) is 0.701. The van der Waals surface area contributed by atoms with Gasteiger partial charge >= 0.3 is 0 Å². The summed E-state index contributed by atoms with van der Waals surface area (Å²) in [7, 11) is 0. The van der Waals surface area contributed by atoms with Gasteiger partial charge in [-0.05, 0) is 24.5 Å². The van der Waals surface area contributed by atoms with E-state index in [1.165, 1.54) is 18.3 Å². The molecule has 2 aromatic heterocycles. The highest BCUT2D eigenvalue weighted by Crippen LogP contribution is 2.23. The zero-order valence-corrected chi connectivity index (χ0v) is 16.2. The maximum Gasteiger partial charge on any atom is 0.257 e. The minimum atomic E-state index is -1.18. The second-order valence-corrected chi connectivity index (χ2v) is 7.07. The number of fused-ring (bicyclic) bond motifs is 1. The molecule has 0 aliphatic rings. The van der Waals surface area contributed by atoms with Crippen LogP contribution < -0.4 is 10.7 Å². The van der Waals surface area contributed by atoms with E-state index >= 15 is 0 Å². The molecule has 0 spiro atoms. The van der Waals surface area contributed by atoms with Crippen molar-refractivity contribution in [2.75, 3.05) is 0 Å². The van der Waals surface area contributed by atoms with Gasteiger partial charge in [-0.1, -0.05) is 20.8 Å². The zero-order chi connectivity index (χ0) is 21.3. The maximum absolute atomic E-state index is 14.4. The van der Waals surface area contributed by atoms with E-state index in [9.17, 15) is 22.8 Å². The lowest BCUT2D eigenvalue weighted by atomic mass is 10.0. The minimum absolute atomic E-state index is 0.0147. The van der Waals surface area contributed by atoms with Crippen LogP contribution >= 0.6 is 0 Å². The van der Waals surface area contributed by atoms with Crippen LogP contribution in [0.15, 0.2) is 41.5 Å². The summed E-state index contributed by atoms with van der Waals surface area (Å²) in [5, 5.41) is 2.80. The fourth-order valence-corrected chi connectivity index (χ4v) is 3.24. The molecule has 29 heavy (non-hydrogen) atoms. The van der Waals surface area contributed by atoms with Gasteiger partial charge in [0.2, 0.25) is 5.43 Å². The number of amides is 1. The van der Waals surface area contributed by atoms with Crippen molar-refractivity contribution in [2.45, 2.75) is 33.2 Å². The van der Waals surface area contributed by atoms with Gasteiger partial charge in [0.1, 0.15) is 22.7 Å². The summed E-state index contributed by atoms with van der Waals surface area (Å²) in [6, 6.07) is 3.76. The number of pyridine rings is 2. The highest BCUT2D eigenvalue weighted by molar-refractivity contribution is 5.97. The molecular weight excluding hydrogens is 383 g/mol. The van der Waals surface area contributed by atoms with Crippen molar-refractivity contribution < 1.29 is 18.0 Å². The number of carbonyl (C=O) groups excluding carboxylic acids is 1. The Bertz CT molecular complexity index is 1120. The van der Waals surface area contributed by atoms with Crippen LogP contribution in [-0.2, 0) is 0 Å². The number of halogens is 3. The molecule has 1 N–H and O–H groups in total. The van der Waals surface area contributed by atoms with Crippen LogP contribution in [0.1, 0.15) is 37.6 Å². The molecule has 0 aliphatic carbocycles. The predicted octanol–water partition coefficient (Wildman–Crippen LogP) is 3.97. The van der Waals surface area contributed by atoms with E-state index in [1.54, 1.807) is 0 Å². The minimum Gasteiger partial charge on any atom is -0.349 e. The van der Waals surface area contributed by atoms with Gasteiger partial charge < -0.3 is 5.32 Å². The molecule has 1 aromatic carbocycles. The highest BCUT2D eigenvalue weighted by atomic mass is 19.1. The Morgan fingerprint density at radius 3 is 2.45 bits per heavy atom. The van der Waals surface area contributed by atoms with Crippen molar-refractivity contribution in [3.8, 4) is 5.69 Å². The van der Waals surface area contributed by atoms with Gasteiger partial charge in [-0.25, -0.2) is 18.2 Å². The van der Waals surface area contributed by atoms with E-state index in [4.69, 9.17) is 0 Å². The van der Waals surface area contributed by atoms with E-state index in [2.05, 4.69) is 10.3 Å². The lowest BCUT2D eigenvalue weighted by Crippen LogP contribution is -2.40. The van der Waals surface area contributed by atoms with Crippen molar-refractivity contribution in [1.82, 2.24) is 14.9 Å². The second-order valence-electron chi connectivity index (χ2n) is 7.07. The fraction of sp³-hybridized carbons (Fsp3) is 0.286. The summed E-state index contributed by atoms with van der Waals surface area (Å²) >= 11 is 0. The molecule has 3 rings (SSSR count). The highest BCUT2D eigenvalue weighted by Gasteiger charge is 2.23. The number of carbonyl (C=O) groups is 1. The normalized spacial score (nSPS) is 12.4. The molecule has 0 fully saturated rings. The number of benzene rings is 1. The SMILES string of the molecule is CCC(NC(=O)c1cn(-c2c(F)cc(F)cc2F)c2ncccc2c1=O)C(C)C. The van der Waals surface area contributed by atoms with Gasteiger partial charge in [0.15, 0.2) is 11.6 Å². The van der Waals surface area contributed by atoms with Crippen molar-refractivity contribution >= 4 is 16.9 Å². The van der Waals surface area contributed by atoms with Gasteiger partial charge in [-0.2, -0.15) is 0 Å². The van der Waals surface area contributed by atoms with Gasteiger partial charge in [0.25, 0.3) is 5.91 Å². The lowest BCUT2D eigenvalue weighted by Gasteiger charge is -2.21. The Hall–Kier alpha value is -3.16. The number of hydrogen-bond acceptors (Lipinski definition) is 3. The van der Waals surface area contributed by atoms with Gasteiger partial charge in [-0.3, -0.25) is 14.2 Å². The van der Waals surface area contributed by atoms with Crippen LogP contribution in [0.5, 0.6) is 0 Å². The van der Waals surface area contributed by atoms with Crippen LogP contribution in [0.2, 0.25) is 0 Å². The van der Waals surface area contributed by atoms with Gasteiger partial charge in [-0.15, -0.1) is 0 Å². The first-order valence-corrected chi connectivity index (χ1v) is 9.20. The molecule has 152 valence electrons. The number of nitrogens with zero attached hydrogens (tertiary/aromatic N) is 2. The number of rotatable bonds is 5. The Balaban J connectivity index is 2.26. The molecule has 5 nitrogen and oxygen atoms in total. The molecule has 0 saturated heterocycles. The third-order valence-electron chi connectivity index (χ3n) is 4.79. The van der Waals surface area contributed by atoms with Crippen LogP contribution in [0.4, 0.5) is 13.2 Å². The summed E-state index contributed by atoms with van der Waals surface area (Å²) in [4.78, 5) is 29.7. The molecule has 3 aromatic rings. The standard InChI is InChI=1S/C21H20F3N3O2/c1-4-17(11(2)3)26-21(29)14-10-27(18-15(23)8-12(22)9-16(18)24)20-13(19(14)28)6-5-7-25-20/h5-11,17H,4H2,1-3H3,(H,26,29). The molecule has 8 heteroatoms. The summed E-state index contributed by atoms with van der Waals surface area (Å²) in [5.41, 5.74) is -1.56. The van der Waals surface area contributed by atoms with Crippen molar-refractivity contribution in [3.05, 3.63) is 69.9 Å². The Labute approximate surface area is 165 Å². The number of hydrogen-bond donors (Lipinski definition) is 1. The monoisotopic (exact) mass is 403 g/mol. The van der Waals surface area contributed by atoms with E-state index in [1.807, 2.05) is 20.8 Å². The first kappa shape index (κ1) is 20.6. The average Bonchev–Trinajstić information content (AvgIpc) is 2.66. The molecular formula is C21H20F3N3O2. The Kier molecular flexibility index (Phi) is 5.72. The first-order valence-electron chi connectivity index (χ1n) is 9.20. The van der Waals surface area contributed by atoms with Gasteiger partial charge in [0, 0.05) is 30.6 Å². The van der Waals surface area contributed by atoms with Crippen molar-refractivity contribution in [3.63, 3.8) is 0 Å². The molecule has 2 heterocycles. The molecule has 0 aliphatic heterocycles. The van der Waals surface area contributed by atoms with E-state index < -0.39 is 34.5 Å². The largest absolute Gasteiger partial charge is 0.349 e. The third-order valence-corrected chi connectivity index (χ3v) is 4.79. The van der Waals surface area contributed by atoms with Crippen LogP contribution in [0, 0.1) is 23.4 Å². The summed E-state index contributed by atoms with van der Waals surface area (Å²) in [6.45, 7) is 5.76. The second kappa shape index (κ2) is 8.06. The number of nitrogens with one attached hydrogen (secondary N) is 1. The Morgan fingerprint density at radius 1 is 1.21 bits per heavy atom. The van der Waals surface area contributed by atoms with Crippen LogP contribution in [-0.4, -0.2) is 21.5 Å². The van der Waals surface area contributed by atoms with Crippen LogP contribution in [0.25, 0.3) is 16.7 Å². The zero-order valence-electron chi connectivity index (χ0n) is 16.2. The van der Waals surface area contributed by atoms with Crippen molar-refractivity contribution in [2.24, 2.45) is 5.92 Å².